The van der Waals surface area contributed by atoms with Crippen molar-refractivity contribution in [3.63, 3.8) is 0 Å². The molecule has 0 aromatic heterocycles. The van der Waals surface area contributed by atoms with E-state index in [1.54, 1.807) is 0 Å². The second-order valence-corrected chi connectivity index (χ2v) is 4.52. The number of hydrogen-bond donors (Lipinski definition) is 0. The van der Waals surface area contributed by atoms with Crippen molar-refractivity contribution in [2.75, 3.05) is 6.61 Å². The van der Waals surface area contributed by atoms with Gasteiger partial charge in [0.05, 0.1) is 6.61 Å². The van der Waals surface area contributed by atoms with Crippen LogP contribution in [0.3, 0.4) is 0 Å². The quantitative estimate of drug-likeness (QED) is 0.747. The first-order chi connectivity index (χ1) is 6.65. The summed E-state index contributed by atoms with van der Waals surface area (Å²) < 4.78 is 5.66. The van der Waals surface area contributed by atoms with E-state index in [1.807, 2.05) is 18.2 Å². The average molecular weight is 278 g/mol. The first-order valence-electron chi connectivity index (χ1n) is 4.61. The van der Waals surface area contributed by atoms with Crippen LogP contribution in [0.1, 0.15) is 19.4 Å². The van der Waals surface area contributed by atoms with Gasteiger partial charge >= 0.3 is 0 Å². The van der Waals surface area contributed by atoms with Gasteiger partial charge in [0.2, 0.25) is 0 Å². The van der Waals surface area contributed by atoms with Gasteiger partial charge in [-0.2, -0.15) is 0 Å². The van der Waals surface area contributed by atoms with E-state index >= 15 is 0 Å². The van der Waals surface area contributed by atoms with Gasteiger partial charge in [0.15, 0.2) is 0 Å². The topological polar surface area (TPSA) is 9.23 Å². The Kier molecular flexibility index (Phi) is 4.76. The zero-order valence-corrected chi connectivity index (χ0v) is 10.7. The van der Waals surface area contributed by atoms with E-state index in [1.165, 1.54) is 0 Å². The van der Waals surface area contributed by atoms with Crippen molar-refractivity contribution >= 4 is 27.5 Å². The number of hydrogen-bond acceptors (Lipinski definition) is 1. The van der Waals surface area contributed by atoms with Crippen molar-refractivity contribution < 1.29 is 4.74 Å². The van der Waals surface area contributed by atoms with Crippen molar-refractivity contribution in [2.24, 2.45) is 5.92 Å². The van der Waals surface area contributed by atoms with Crippen LogP contribution < -0.4 is 4.74 Å². The zero-order valence-electron chi connectivity index (χ0n) is 8.39. The Hall–Kier alpha value is -0.210. The molecule has 0 unspecified atom stereocenters. The molecule has 1 aromatic carbocycles. The molecule has 0 aliphatic heterocycles. The van der Waals surface area contributed by atoms with Crippen LogP contribution in [0.25, 0.3) is 0 Å². The van der Waals surface area contributed by atoms with Gasteiger partial charge in [-0.1, -0.05) is 47.4 Å². The van der Waals surface area contributed by atoms with Gasteiger partial charge in [-0.15, -0.1) is 0 Å². The molecular weight excluding hydrogens is 263 g/mol. The van der Waals surface area contributed by atoms with E-state index in [4.69, 9.17) is 16.3 Å². The molecule has 0 aliphatic rings. The summed E-state index contributed by atoms with van der Waals surface area (Å²) in [6, 6.07) is 5.73. The molecule has 78 valence electrons. The smallest absolute Gasteiger partial charge is 0.124 e. The largest absolute Gasteiger partial charge is 0.493 e. The van der Waals surface area contributed by atoms with Crippen LogP contribution in [0.4, 0.5) is 0 Å². The van der Waals surface area contributed by atoms with E-state index in [-0.39, 0.29) is 0 Å². The summed E-state index contributed by atoms with van der Waals surface area (Å²) in [6.07, 6.45) is 0. The predicted octanol–water partition coefficient (Wildman–Crippen LogP) is 4.27. The second kappa shape index (κ2) is 5.62. The molecule has 1 nitrogen and oxygen atoms in total. The highest BCUT2D eigenvalue weighted by atomic mass is 79.9. The number of halogens is 2. The van der Waals surface area contributed by atoms with E-state index in [9.17, 15) is 0 Å². The maximum absolute atomic E-state index is 6.03. The molecule has 0 spiro atoms. The lowest BCUT2D eigenvalue weighted by Gasteiger charge is -2.12. The highest BCUT2D eigenvalue weighted by Gasteiger charge is 2.07. The van der Waals surface area contributed by atoms with E-state index in [0.29, 0.717) is 5.92 Å². The summed E-state index contributed by atoms with van der Waals surface area (Å²) >= 11 is 9.44. The Bertz CT molecular complexity index is 299. The normalized spacial score (nSPS) is 10.6. The minimum absolute atomic E-state index is 0.525. The maximum Gasteiger partial charge on any atom is 0.124 e. The Morgan fingerprint density at radius 2 is 2.14 bits per heavy atom. The molecule has 0 aliphatic carbocycles. The monoisotopic (exact) mass is 276 g/mol. The highest BCUT2D eigenvalue weighted by Crippen LogP contribution is 2.28. The minimum Gasteiger partial charge on any atom is -0.493 e. The van der Waals surface area contributed by atoms with E-state index in [2.05, 4.69) is 29.8 Å². The summed E-state index contributed by atoms with van der Waals surface area (Å²) in [5.74, 6) is 1.40. The van der Waals surface area contributed by atoms with Crippen LogP contribution in [-0.2, 0) is 5.33 Å². The predicted molar refractivity (Wildman–Crippen MR) is 64.4 cm³/mol. The van der Waals surface area contributed by atoms with Gasteiger partial charge in [0.25, 0.3) is 0 Å². The van der Waals surface area contributed by atoms with Crippen LogP contribution in [0, 0.1) is 5.92 Å². The number of ether oxygens (including phenoxy) is 1. The minimum atomic E-state index is 0.525. The molecular formula is C11H14BrClO. The standard InChI is InChI=1S/C11H14BrClO/c1-8(2)7-14-11-5-3-4-10(13)9(11)6-12/h3-5,8H,6-7H2,1-2H3. The third-order valence-corrected chi connectivity index (χ3v) is 2.70. The molecule has 0 heterocycles. The van der Waals surface area contributed by atoms with Crippen molar-refractivity contribution in [1.82, 2.24) is 0 Å². The molecule has 0 bridgehead atoms. The van der Waals surface area contributed by atoms with Gasteiger partial charge in [-0.25, -0.2) is 0 Å². The number of rotatable bonds is 4. The summed E-state index contributed by atoms with van der Waals surface area (Å²) in [5, 5.41) is 1.48. The first kappa shape index (κ1) is 11.9. The van der Waals surface area contributed by atoms with Crippen molar-refractivity contribution in [2.45, 2.75) is 19.2 Å². The van der Waals surface area contributed by atoms with Gasteiger partial charge in [-0.3, -0.25) is 0 Å². The van der Waals surface area contributed by atoms with Gasteiger partial charge in [-0.05, 0) is 18.1 Å². The van der Waals surface area contributed by atoms with Crippen molar-refractivity contribution in [3.05, 3.63) is 28.8 Å². The fourth-order valence-electron chi connectivity index (χ4n) is 1.06. The molecule has 14 heavy (non-hydrogen) atoms. The molecule has 0 saturated heterocycles. The lowest BCUT2D eigenvalue weighted by Crippen LogP contribution is -2.05. The summed E-state index contributed by atoms with van der Waals surface area (Å²) in [6.45, 7) is 4.97. The molecule has 1 rings (SSSR count). The lowest BCUT2D eigenvalue weighted by atomic mass is 10.2. The fraction of sp³-hybridized carbons (Fsp3) is 0.455. The van der Waals surface area contributed by atoms with Crippen molar-refractivity contribution in [3.8, 4) is 5.75 Å². The highest BCUT2D eigenvalue weighted by molar-refractivity contribution is 9.08. The van der Waals surface area contributed by atoms with Crippen LogP contribution >= 0.6 is 27.5 Å². The van der Waals surface area contributed by atoms with Gasteiger partial charge < -0.3 is 4.74 Å². The SMILES string of the molecule is CC(C)COc1cccc(Cl)c1CBr. The molecule has 0 radical (unpaired) electrons. The summed E-state index contributed by atoms with van der Waals surface area (Å²) in [7, 11) is 0. The first-order valence-corrected chi connectivity index (χ1v) is 6.11. The third kappa shape index (κ3) is 3.18. The van der Waals surface area contributed by atoms with Crippen molar-refractivity contribution in [1.29, 1.82) is 0 Å². The molecule has 0 N–H and O–H groups in total. The van der Waals surface area contributed by atoms with Gasteiger partial charge in [0.1, 0.15) is 5.75 Å². The molecule has 0 amide bonds. The fourth-order valence-corrected chi connectivity index (χ4v) is 2.03. The molecule has 0 saturated carbocycles. The molecule has 0 atom stereocenters. The second-order valence-electron chi connectivity index (χ2n) is 3.56. The molecule has 3 heteroatoms. The molecule has 1 aromatic rings. The van der Waals surface area contributed by atoms with Gasteiger partial charge in [0, 0.05) is 15.9 Å². The van der Waals surface area contributed by atoms with E-state index in [0.717, 1.165) is 28.3 Å². The lowest BCUT2D eigenvalue weighted by molar-refractivity contribution is 0.269. The number of alkyl halides is 1. The van der Waals surface area contributed by atoms with Crippen LogP contribution in [0.5, 0.6) is 5.75 Å². The van der Waals surface area contributed by atoms with Crippen LogP contribution in [0.2, 0.25) is 5.02 Å². The Morgan fingerprint density at radius 3 is 2.71 bits per heavy atom. The summed E-state index contributed by atoms with van der Waals surface area (Å²) in [4.78, 5) is 0. The zero-order chi connectivity index (χ0) is 10.6. The van der Waals surface area contributed by atoms with Crippen LogP contribution in [0.15, 0.2) is 18.2 Å². The third-order valence-electron chi connectivity index (χ3n) is 1.78. The van der Waals surface area contributed by atoms with E-state index < -0.39 is 0 Å². The average Bonchev–Trinajstić information content (AvgIpc) is 2.14. The van der Waals surface area contributed by atoms with Crippen LogP contribution in [-0.4, -0.2) is 6.61 Å². The summed E-state index contributed by atoms with van der Waals surface area (Å²) in [5.41, 5.74) is 1.02. The molecule has 0 fully saturated rings. The maximum atomic E-state index is 6.03. The Morgan fingerprint density at radius 1 is 1.43 bits per heavy atom. The Balaban J connectivity index is 2.80. The number of benzene rings is 1. The Labute approximate surface area is 98.5 Å².